The lowest BCUT2D eigenvalue weighted by atomic mass is 9.89. The van der Waals surface area contributed by atoms with Crippen LogP contribution in [0.4, 0.5) is 5.69 Å². The van der Waals surface area contributed by atoms with Gasteiger partial charge in [0.1, 0.15) is 5.75 Å². The molecule has 2 aromatic carbocycles. The zero-order chi connectivity index (χ0) is 23.3. The van der Waals surface area contributed by atoms with Crippen LogP contribution >= 0.6 is 21.0 Å². The quantitative estimate of drug-likeness (QED) is 0.398. The van der Waals surface area contributed by atoms with Crippen molar-refractivity contribution in [2.45, 2.75) is 18.9 Å². The summed E-state index contributed by atoms with van der Waals surface area (Å²) in [5.41, 5.74) is 8.11. The van der Waals surface area contributed by atoms with E-state index in [9.17, 15) is 4.79 Å². The highest BCUT2D eigenvalue weighted by Crippen LogP contribution is 2.35. The van der Waals surface area contributed by atoms with Crippen molar-refractivity contribution in [2.75, 3.05) is 11.1 Å². The van der Waals surface area contributed by atoms with Crippen molar-refractivity contribution in [1.82, 2.24) is 4.98 Å². The molecule has 1 aromatic heterocycles. The molecule has 2 heterocycles. The van der Waals surface area contributed by atoms with Crippen molar-refractivity contribution >= 4 is 49.1 Å². The zero-order valence-corrected chi connectivity index (χ0v) is 20.2. The number of pyridine rings is 1. The van der Waals surface area contributed by atoms with E-state index in [1.165, 1.54) is 6.08 Å². The minimum absolute atomic E-state index is 0.227. The van der Waals surface area contributed by atoms with Crippen LogP contribution < -0.4 is 21.1 Å². The molecule has 6 nitrogen and oxygen atoms in total. The van der Waals surface area contributed by atoms with Gasteiger partial charge < -0.3 is 15.8 Å². The first-order chi connectivity index (χ1) is 15.9. The zero-order valence-electron chi connectivity index (χ0n) is 18.2. The Hall–Kier alpha value is -3.15. The van der Waals surface area contributed by atoms with Gasteiger partial charge in [-0.25, -0.2) is 4.98 Å². The van der Waals surface area contributed by atoms with Crippen LogP contribution in [0.25, 0.3) is 6.08 Å². The number of para-hydroxylation sites is 1. The summed E-state index contributed by atoms with van der Waals surface area (Å²) >= 11 is 1.57. The van der Waals surface area contributed by atoms with Crippen LogP contribution in [0.5, 0.6) is 11.6 Å². The Morgan fingerprint density at radius 2 is 2.03 bits per heavy atom. The van der Waals surface area contributed by atoms with Crippen molar-refractivity contribution in [3.63, 3.8) is 0 Å². The van der Waals surface area contributed by atoms with Gasteiger partial charge in [0.2, 0.25) is 11.8 Å². The monoisotopic (exact) mass is 476 g/mol. The number of nitrogens with zero attached hydrogens (tertiary/aromatic N) is 2. The topological polar surface area (TPSA) is 89.6 Å². The maximum absolute atomic E-state index is 12.5. The van der Waals surface area contributed by atoms with Gasteiger partial charge in [0.05, 0.1) is 5.54 Å². The molecular formula is C25H25N4O2PS. The predicted octanol–water partition coefficient (Wildman–Crippen LogP) is 4.69. The first-order valence-electron chi connectivity index (χ1n) is 10.5. The lowest BCUT2D eigenvalue weighted by molar-refractivity contribution is -0.111. The van der Waals surface area contributed by atoms with Gasteiger partial charge in [-0.15, -0.1) is 9.24 Å². The predicted molar refractivity (Wildman–Crippen MR) is 140 cm³/mol. The SMILES string of the molecule is CC1(c2cc(NC(=O)/C=C/c3ccc(Oc4ccccc4)nc3)ccc2P)CCSC(N)=N1. The highest BCUT2D eigenvalue weighted by Gasteiger charge is 2.31. The molecule has 2 atom stereocenters. The number of nitrogens with two attached hydrogens (primary N) is 1. The standard InChI is InChI=1S/C25H25N4O2PS/c1-25(13-14-33-24(26)29-25)20-15-18(9-10-21(20)32)28-22(30)11-7-17-8-12-23(27-16-17)31-19-5-3-2-4-6-19/h2-12,15-16H,13-14,32H2,1H3,(H2,26,29)(H,28,30)/b11-7+. The molecule has 1 aliphatic rings. The van der Waals surface area contributed by atoms with E-state index in [2.05, 4.69) is 31.5 Å². The number of carbonyl (C=O) groups is 1. The van der Waals surface area contributed by atoms with Crippen LogP contribution in [-0.2, 0) is 10.3 Å². The van der Waals surface area contributed by atoms with E-state index in [-0.39, 0.29) is 5.91 Å². The molecule has 0 saturated carbocycles. The number of ether oxygens (including phenoxy) is 1. The van der Waals surface area contributed by atoms with Crippen LogP contribution in [0, 0.1) is 0 Å². The second kappa shape index (κ2) is 10.2. The maximum atomic E-state index is 12.5. The largest absolute Gasteiger partial charge is 0.439 e. The Balaban J connectivity index is 1.41. The molecule has 0 aliphatic carbocycles. The third-order valence-corrected chi connectivity index (χ3v) is 6.55. The van der Waals surface area contributed by atoms with E-state index in [1.54, 1.807) is 30.1 Å². The van der Waals surface area contributed by atoms with E-state index >= 15 is 0 Å². The number of aromatic nitrogens is 1. The lowest BCUT2D eigenvalue weighted by Crippen LogP contribution is -2.32. The minimum atomic E-state index is -0.405. The van der Waals surface area contributed by atoms with Gasteiger partial charge in [-0.2, -0.15) is 0 Å². The maximum Gasteiger partial charge on any atom is 0.248 e. The molecule has 0 saturated heterocycles. The fraction of sp³-hybridized carbons (Fsp3) is 0.160. The van der Waals surface area contributed by atoms with E-state index < -0.39 is 5.54 Å². The fourth-order valence-electron chi connectivity index (χ4n) is 3.50. The molecule has 3 aromatic rings. The molecule has 3 N–H and O–H groups in total. The molecule has 0 radical (unpaired) electrons. The molecule has 0 fully saturated rings. The highest BCUT2D eigenvalue weighted by atomic mass is 32.2. The van der Waals surface area contributed by atoms with E-state index in [4.69, 9.17) is 10.5 Å². The molecule has 1 aliphatic heterocycles. The Bertz CT molecular complexity index is 1200. The highest BCUT2D eigenvalue weighted by molar-refractivity contribution is 8.13. The van der Waals surface area contributed by atoms with Gasteiger partial charge >= 0.3 is 0 Å². The fourth-order valence-corrected chi connectivity index (χ4v) is 4.96. The average Bonchev–Trinajstić information content (AvgIpc) is 2.80. The third kappa shape index (κ3) is 6.01. The smallest absolute Gasteiger partial charge is 0.248 e. The number of nitrogens with one attached hydrogen (secondary N) is 1. The summed E-state index contributed by atoms with van der Waals surface area (Å²) in [4.78, 5) is 21.5. The van der Waals surface area contributed by atoms with Gasteiger partial charge in [0, 0.05) is 29.8 Å². The van der Waals surface area contributed by atoms with Crippen LogP contribution in [0.3, 0.4) is 0 Å². The third-order valence-electron chi connectivity index (χ3n) is 5.25. The van der Waals surface area contributed by atoms with Gasteiger partial charge in [-0.1, -0.05) is 36.0 Å². The number of amidine groups is 1. The number of rotatable bonds is 6. The summed E-state index contributed by atoms with van der Waals surface area (Å²) < 4.78 is 5.69. The molecule has 2 unspecified atom stereocenters. The summed E-state index contributed by atoms with van der Waals surface area (Å²) in [6.07, 6.45) is 5.74. The number of carbonyl (C=O) groups excluding carboxylic acids is 1. The second-order valence-corrected chi connectivity index (χ2v) is 9.53. The Morgan fingerprint density at radius 3 is 2.76 bits per heavy atom. The number of hydrogen-bond donors (Lipinski definition) is 2. The summed E-state index contributed by atoms with van der Waals surface area (Å²) in [5, 5.41) is 4.56. The van der Waals surface area contributed by atoms with E-state index in [1.807, 2.05) is 54.6 Å². The lowest BCUT2D eigenvalue weighted by Gasteiger charge is -2.31. The van der Waals surface area contributed by atoms with Gasteiger partial charge in [0.15, 0.2) is 5.17 Å². The molecule has 33 heavy (non-hydrogen) atoms. The van der Waals surface area contributed by atoms with Crippen molar-refractivity contribution in [1.29, 1.82) is 0 Å². The molecule has 168 valence electrons. The molecule has 0 bridgehead atoms. The Kier molecular flexibility index (Phi) is 7.11. The van der Waals surface area contributed by atoms with Crippen molar-refractivity contribution < 1.29 is 9.53 Å². The van der Waals surface area contributed by atoms with Crippen LogP contribution in [0.2, 0.25) is 0 Å². The second-order valence-electron chi connectivity index (χ2n) is 7.79. The number of aliphatic imine (C=N–C) groups is 1. The Labute approximate surface area is 200 Å². The average molecular weight is 477 g/mol. The van der Waals surface area contributed by atoms with Crippen molar-refractivity contribution in [3.05, 3.63) is 84.1 Å². The van der Waals surface area contributed by atoms with Crippen LogP contribution in [0.1, 0.15) is 24.5 Å². The molecule has 1 amide bonds. The number of amides is 1. The molecule has 4 rings (SSSR count). The van der Waals surface area contributed by atoms with Gasteiger partial charge in [-0.3, -0.25) is 9.79 Å². The minimum Gasteiger partial charge on any atom is -0.439 e. The van der Waals surface area contributed by atoms with Crippen LogP contribution in [-0.4, -0.2) is 21.8 Å². The van der Waals surface area contributed by atoms with Gasteiger partial charge in [-0.05, 0) is 66.2 Å². The van der Waals surface area contributed by atoms with Crippen molar-refractivity contribution in [3.8, 4) is 11.6 Å². The number of anilines is 1. The number of thioether (sulfide) groups is 1. The van der Waals surface area contributed by atoms with Crippen LogP contribution in [0.15, 0.2) is 77.9 Å². The van der Waals surface area contributed by atoms with E-state index in [0.717, 1.165) is 34.4 Å². The van der Waals surface area contributed by atoms with E-state index in [0.29, 0.717) is 16.7 Å². The normalized spacial score (nSPS) is 18.1. The first kappa shape index (κ1) is 23.0. The molecule has 0 spiro atoms. The van der Waals surface area contributed by atoms with Gasteiger partial charge in [0.25, 0.3) is 0 Å². The number of hydrogen-bond acceptors (Lipinski definition) is 6. The summed E-state index contributed by atoms with van der Waals surface area (Å²) in [7, 11) is 2.75. The molecule has 8 heteroatoms. The van der Waals surface area contributed by atoms with Crippen molar-refractivity contribution in [2.24, 2.45) is 10.7 Å². The summed E-state index contributed by atoms with van der Waals surface area (Å²) in [5.74, 6) is 1.90. The number of benzene rings is 2. The first-order valence-corrected chi connectivity index (χ1v) is 12.0. The summed E-state index contributed by atoms with van der Waals surface area (Å²) in [6, 6.07) is 18.9. The molecular weight excluding hydrogens is 451 g/mol. The Morgan fingerprint density at radius 1 is 1.21 bits per heavy atom. The summed E-state index contributed by atoms with van der Waals surface area (Å²) in [6.45, 7) is 2.08.